The van der Waals surface area contributed by atoms with Crippen molar-refractivity contribution in [2.75, 3.05) is 19.6 Å². The Morgan fingerprint density at radius 1 is 1.18 bits per heavy atom. The van der Waals surface area contributed by atoms with E-state index in [9.17, 15) is 4.79 Å². The Morgan fingerprint density at radius 3 is 2.41 bits per heavy atom. The number of rotatable bonds is 6. The zero-order valence-electron chi connectivity index (χ0n) is 10.9. The standard InChI is InChI=1S/C14H22N2O/c1-4-15-10-11-16-13(17)14(2,3)12-8-6-5-7-9-12/h5-9,15H,4,10-11H2,1-3H3,(H,16,17). The molecule has 1 aromatic rings. The number of carbonyl (C=O) groups is 1. The normalized spacial score (nSPS) is 11.2. The summed E-state index contributed by atoms with van der Waals surface area (Å²) >= 11 is 0. The Bertz CT molecular complexity index is 346. The van der Waals surface area contributed by atoms with Gasteiger partial charge in [-0.1, -0.05) is 37.3 Å². The average molecular weight is 234 g/mol. The third-order valence-corrected chi connectivity index (χ3v) is 2.90. The second kappa shape index (κ2) is 6.40. The van der Waals surface area contributed by atoms with E-state index in [1.165, 1.54) is 0 Å². The molecular formula is C14H22N2O. The Morgan fingerprint density at radius 2 is 1.82 bits per heavy atom. The molecule has 17 heavy (non-hydrogen) atoms. The minimum atomic E-state index is -0.479. The van der Waals surface area contributed by atoms with Crippen LogP contribution in [0.2, 0.25) is 0 Å². The lowest BCUT2D eigenvalue weighted by Crippen LogP contribution is -2.42. The van der Waals surface area contributed by atoms with Gasteiger partial charge in [-0.2, -0.15) is 0 Å². The molecule has 0 aliphatic heterocycles. The van der Waals surface area contributed by atoms with Crippen LogP contribution in [-0.4, -0.2) is 25.5 Å². The lowest BCUT2D eigenvalue weighted by molar-refractivity contribution is -0.125. The number of likely N-dealkylation sites (N-methyl/N-ethyl adjacent to an activating group) is 1. The quantitative estimate of drug-likeness (QED) is 0.735. The fourth-order valence-corrected chi connectivity index (χ4v) is 1.65. The highest BCUT2D eigenvalue weighted by atomic mass is 16.2. The van der Waals surface area contributed by atoms with Crippen LogP contribution in [0.3, 0.4) is 0 Å². The van der Waals surface area contributed by atoms with Crippen molar-refractivity contribution in [2.24, 2.45) is 0 Å². The van der Waals surface area contributed by atoms with E-state index in [2.05, 4.69) is 17.6 Å². The van der Waals surface area contributed by atoms with Crippen LogP contribution in [0.25, 0.3) is 0 Å². The Balaban J connectivity index is 2.55. The van der Waals surface area contributed by atoms with Gasteiger partial charge in [0.2, 0.25) is 5.91 Å². The van der Waals surface area contributed by atoms with Gasteiger partial charge in [-0.25, -0.2) is 0 Å². The van der Waals surface area contributed by atoms with Crippen LogP contribution in [0.1, 0.15) is 26.3 Å². The van der Waals surface area contributed by atoms with Crippen molar-refractivity contribution in [3.05, 3.63) is 35.9 Å². The van der Waals surface area contributed by atoms with E-state index in [4.69, 9.17) is 0 Å². The maximum absolute atomic E-state index is 12.1. The van der Waals surface area contributed by atoms with Gasteiger partial charge in [-0.15, -0.1) is 0 Å². The van der Waals surface area contributed by atoms with Crippen molar-refractivity contribution in [3.8, 4) is 0 Å². The molecule has 0 aliphatic rings. The van der Waals surface area contributed by atoms with E-state index in [0.29, 0.717) is 6.54 Å². The molecule has 1 rings (SSSR count). The molecule has 0 fully saturated rings. The highest BCUT2D eigenvalue weighted by Crippen LogP contribution is 2.22. The molecule has 0 spiro atoms. The van der Waals surface area contributed by atoms with E-state index >= 15 is 0 Å². The first-order valence-corrected chi connectivity index (χ1v) is 6.13. The highest BCUT2D eigenvalue weighted by molar-refractivity contribution is 5.87. The Labute approximate surface area is 104 Å². The molecule has 0 saturated carbocycles. The number of hydrogen-bond donors (Lipinski definition) is 2. The van der Waals surface area contributed by atoms with Crippen molar-refractivity contribution < 1.29 is 4.79 Å². The van der Waals surface area contributed by atoms with Gasteiger partial charge in [0, 0.05) is 13.1 Å². The summed E-state index contributed by atoms with van der Waals surface area (Å²) in [5, 5.41) is 6.13. The molecular weight excluding hydrogens is 212 g/mol. The van der Waals surface area contributed by atoms with Crippen LogP contribution in [0.4, 0.5) is 0 Å². The van der Waals surface area contributed by atoms with E-state index < -0.39 is 5.41 Å². The molecule has 2 N–H and O–H groups in total. The fourth-order valence-electron chi connectivity index (χ4n) is 1.65. The third-order valence-electron chi connectivity index (χ3n) is 2.90. The molecule has 0 unspecified atom stereocenters. The second-order valence-electron chi connectivity index (χ2n) is 4.60. The molecule has 0 aromatic heterocycles. The number of hydrogen-bond acceptors (Lipinski definition) is 2. The van der Waals surface area contributed by atoms with Crippen molar-refractivity contribution in [1.82, 2.24) is 10.6 Å². The summed E-state index contributed by atoms with van der Waals surface area (Å²) in [4.78, 5) is 12.1. The maximum Gasteiger partial charge on any atom is 0.230 e. The number of amides is 1. The molecule has 0 aliphatic carbocycles. The minimum absolute atomic E-state index is 0.0709. The molecule has 0 radical (unpaired) electrons. The summed E-state index contributed by atoms with van der Waals surface area (Å²) in [5.41, 5.74) is 0.564. The number of benzene rings is 1. The average Bonchev–Trinajstić information content (AvgIpc) is 2.35. The molecule has 0 bridgehead atoms. The molecule has 0 heterocycles. The van der Waals surface area contributed by atoms with Gasteiger partial charge in [0.25, 0.3) is 0 Å². The summed E-state index contributed by atoms with van der Waals surface area (Å²) < 4.78 is 0. The van der Waals surface area contributed by atoms with Gasteiger partial charge in [0.1, 0.15) is 0 Å². The second-order valence-corrected chi connectivity index (χ2v) is 4.60. The van der Waals surface area contributed by atoms with E-state index in [-0.39, 0.29) is 5.91 Å². The highest BCUT2D eigenvalue weighted by Gasteiger charge is 2.28. The van der Waals surface area contributed by atoms with Crippen LogP contribution in [-0.2, 0) is 10.2 Å². The molecule has 3 nitrogen and oxygen atoms in total. The van der Waals surface area contributed by atoms with Gasteiger partial charge in [0.05, 0.1) is 5.41 Å². The molecule has 1 amide bonds. The van der Waals surface area contributed by atoms with Gasteiger partial charge >= 0.3 is 0 Å². The SMILES string of the molecule is CCNCCNC(=O)C(C)(C)c1ccccc1. The van der Waals surface area contributed by atoms with Crippen molar-refractivity contribution in [3.63, 3.8) is 0 Å². The molecule has 1 aromatic carbocycles. The zero-order valence-corrected chi connectivity index (χ0v) is 10.9. The van der Waals surface area contributed by atoms with Crippen molar-refractivity contribution in [2.45, 2.75) is 26.2 Å². The Hall–Kier alpha value is -1.35. The molecule has 94 valence electrons. The molecule has 3 heteroatoms. The summed E-state index contributed by atoms with van der Waals surface area (Å²) in [6.07, 6.45) is 0. The third kappa shape index (κ3) is 3.86. The first kappa shape index (κ1) is 13.7. The van der Waals surface area contributed by atoms with Crippen molar-refractivity contribution in [1.29, 1.82) is 0 Å². The van der Waals surface area contributed by atoms with Crippen LogP contribution < -0.4 is 10.6 Å². The van der Waals surface area contributed by atoms with Crippen molar-refractivity contribution >= 4 is 5.91 Å². The number of carbonyl (C=O) groups excluding carboxylic acids is 1. The van der Waals surface area contributed by atoms with Gasteiger partial charge in [-0.05, 0) is 26.0 Å². The maximum atomic E-state index is 12.1. The van der Waals surface area contributed by atoms with Crippen LogP contribution in [0.15, 0.2) is 30.3 Å². The van der Waals surface area contributed by atoms with Gasteiger partial charge in [-0.3, -0.25) is 4.79 Å². The van der Waals surface area contributed by atoms with Gasteiger partial charge in [0.15, 0.2) is 0 Å². The summed E-state index contributed by atoms with van der Waals surface area (Å²) in [6, 6.07) is 9.86. The zero-order chi connectivity index (χ0) is 12.7. The minimum Gasteiger partial charge on any atom is -0.354 e. The smallest absolute Gasteiger partial charge is 0.230 e. The predicted molar refractivity (Wildman–Crippen MR) is 71.0 cm³/mol. The van der Waals surface area contributed by atoms with Gasteiger partial charge < -0.3 is 10.6 Å². The van der Waals surface area contributed by atoms with Crippen LogP contribution in [0, 0.1) is 0 Å². The topological polar surface area (TPSA) is 41.1 Å². The predicted octanol–water partition coefficient (Wildman–Crippen LogP) is 1.69. The number of nitrogens with one attached hydrogen (secondary N) is 2. The van der Waals surface area contributed by atoms with Crippen LogP contribution >= 0.6 is 0 Å². The van der Waals surface area contributed by atoms with E-state index in [1.54, 1.807) is 0 Å². The Kier molecular flexibility index (Phi) is 5.16. The van der Waals surface area contributed by atoms with Crippen LogP contribution in [0.5, 0.6) is 0 Å². The largest absolute Gasteiger partial charge is 0.354 e. The van der Waals surface area contributed by atoms with E-state index in [1.807, 2.05) is 44.2 Å². The summed E-state index contributed by atoms with van der Waals surface area (Å²) in [5.74, 6) is 0.0709. The molecule has 0 saturated heterocycles. The fraction of sp³-hybridized carbons (Fsp3) is 0.500. The first-order chi connectivity index (χ1) is 8.09. The lowest BCUT2D eigenvalue weighted by atomic mass is 9.84. The summed E-state index contributed by atoms with van der Waals surface area (Å²) in [6.45, 7) is 8.36. The van der Waals surface area contributed by atoms with E-state index in [0.717, 1.165) is 18.7 Å². The first-order valence-electron chi connectivity index (χ1n) is 6.13. The molecule has 0 atom stereocenters. The lowest BCUT2D eigenvalue weighted by Gasteiger charge is -2.24. The summed E-state index contributed by atoms with van der Waals surface area (Å²) in [7, 11) is 0. The monoisotopic (exact) mass is 234 g/mol.